The van der Waals surface area contributed by atoms with Crippen molar-refractivity contribution in [3.63, 3.8) is 0 Å². The molecule has 1 saturated carbocycles. The zero-order chi connectivity index (χ0) is 13.0. The van der Waals surface area contributed by atoms with Crippen molar-refractivity contribution in [1.82, 2.24) is 9.97 Å². The Balaban J connectivity index is 2.00. The van der Waals surface area contributed by atoms with E-state index in [1.165, 1.54) is 19.3 Å². The van der Waals surface area contributed by atoms with Gasteiger partial charge in [-0.05, 0) is 32.9 Å². The van der Waals surface area contributed by atoms with Crippen LogP contribution in [0, 0.1) is 6.92 Å². The molecule has 100 valence electrons. The molecule has 2 N–H and O–H groups in total. The number of hydrogen-bond donors (Lipinski definition) is 2. The number of anilines is 2. The molecule has 2 rings (SSSR count). The van der Waals surface area contributed by atoms with Gasteiger partial charge in [0.15, 0.2) is 0 Å². The predicted molar refractivity (Wildman–Crippen MR) is 79.5 cm³/mol. The van der Waals surface area contributed by atoms with E-state index < -0.39 is 0 Å². The minimum Gasteiger partial charge on any atom is -0.370 e. The fraction of sp³-hybridized carbons (Fsp3) is 0.692. The summed E-state index contributed by atoms with van der Waals surface area (Å²) >= 11 is 1.98. The third-order valence-electron chi connectivity index (χ3n) is 3.49. The molecule has 0 amide bonds. The first-order chi connectivity index (χ1) is 8.67. The summed E-state index contributed by atoms with van der Waals surface area (Å²) in [4.78, 5) is 8.80. The molecule has 0 bridgehead atoms. The molecule has 0 aliphatic heterocycles. The van der Waals surface area contributed by atoms with E-state index in [9.17, 15) is 0 Å². The number of thioether (sulfide) groups is 1. The Bertz CT molecular complexity index is 398. The SMILES string of the molecule is CCNc1cc(NCC2(SC)CCC2)nc(C)n1. The van der Waals surface area contributed by atoms with Gasteiger partial charge < -0.3 is 10.6 Å². The predicted octanol–water partition coefficient (Wildman–Crippen LogP) is 2.91. The second kappa shape index (κ2) is 5.78. The van der Waals surface area contributed by atoms with Gasteiger partial charge in [0, 0.05) is 23.9 Å². The van der Waals surface area contributed by atoms with E-state index in [1.54, 1.807) is 0 Å². The molecule has 1 aromatic heterocycles. The summed E-state index contributed by atoms with van der Waals surface area (Å²) in [5.41, 5.74) is 0. The first kappa shape index (κ1) is 13.5. The molecule has 1 fully saturated rings. The smallest absolute Gasteiger partial charge is 0.131 e. The molecule has 0 unspecified atom stereocenters. The van der Waals surface area contributed by atoms with Crippen molar-refractivity contribution in [2.45, 2.75) is 37.9 Å². The number of aryl methyl sites for hydroxylation is 1. The van der Waals surface area contributed by atoms with E-state index >= 15 is 0 Å². The van der Waals surface area contributed by atoms with Crippen molar-refractivity contribution in [3.05, 3.63) is 11.9 Å². The van der Waals surface area contributed by atoms with Crippen LogP contribution in [-0.4, -0.2) is 34.1 Å². The maximum atomic E-state index is 4.44. The summed E-state index contributed by atoms with van der Waals surface area (Å²) in [5, 5.41) is 6.70. The maximum absolute atomic E-state index is 4.44. The molecule has 1 aromatic rings. The lowest BCUT2D eigenvalue weighted by atomic mass is 9.84. The first-order valence-electron chi connectivity index (χ1n) is 6.56. The lowest BCUT2D eigenvalue weighted by Gasteiger charge is -2.40. The van der Waals surface area contributed by atoms with Gasteiger partial charge in [0.25, 0.3) is 0 Å². The van der Waals surface area contributed by atoms with Crippen LogP contribution >= 0.6 is 11.8 Å². The average Bonchev–Trinajstić information content (AvgIpc) is 2.28. The molecule has 18 heavy (non-hydrogen) atoms. The Morgan fingerprint density at radius 2 is 1.94 bits per heavy atom. The topological polar surface area (TPSA) is 49.8 Å². The normalized spacial score (nSPS) is 17.1. The van der Waals surface area contributed by atoms with Gasteiger partial charge in [0.1, 0.15) is 17.5 Å². The summed E-state index contributed by atoms with van der Waals surface area (Å²) < 4.78 is 0.428. The summed E-state index contributed by atoms with van der Waals surface area (Å²) in [6.07, 6.45) is 6.18. The molecular weight excluding hydrogens is 244 g/mol. The van der Waals surface area contributed by atoms with Gasteiger partial charge in [0.2, 0.25) is 0 Å². The van der Waals surface area contributed by atoms with Crippen molar-refractivity contribution < 1.29 is 0 Å². The van der Waals surface area contributed by atoms with Gasteiger partial charge in [-0.1, -0.05) is 6.42 Å². The van der Waals surface area contributed by atoms with Gasteiger partial charge in [0.05, 0.1) is 0 Å². The fourth-order valence-electron chi connectivity index (χ4n) is 2.21. The Hall–Kier alpha value is -0.970. The standard InChI is InChI=1S/C13H22N4S/c1-4-14-11-8-12(17-10(2)16-11)15-9-13(18-3)6-5-7-13/h8H,4-7,9H2,1-3H3,(H2,14,15,16,17). The fourth-order valence-corrected chi connectivity index (χ4v) is 3.12. The van der Waals surface area contributed by atoms with Crippen LogP contribution in [0.15, 0.2) is 6.07 Å². The van der Waals surface area contributed by atoms with Crippen molar-refractivity contribution in [1.29, 1.82) is 0 Å². The molecule has 1 heterocycles. The molecule has 4 nitrogen and oxygen atoms in total. The molecule has 0 aromatic carbocycles. The van der Waals surface area contributed by atoms with E-state index in [-0.39, 0.29) is 0 Å². The molecule has 0 radical (unpaired) electrons. The summed E-state index contributed by atoms with van der Waals surface area (Å²) in [6, 6.07) is 1.99. The number of nitrogens with zero attached hydrogens (tertiary/aromatic N) is 2. The van der Waals surface area contributed by atoms with Crippen LogP contribution in [0.3, 0.4) is 0 Å². The quantitative estimate of drug-likeness (QED) is 0.829. The summed E-state index contributed by atoms with van der Waals surface area (Å²) in [7, 11) is 0. The van der Waals surface area contributed by atoms with E-state index in [1.807, 2.05) is 24.8 Å². The molecule has 0 atom stereocenters. The van der Waals surface area contributed by atoms with Gasteiger partial charge >= 0.3 is 0 Å². The minimum absolute atomic E-state index is 0.428. The van der Waals surface area contributed by atoms with Crippen molar-refractivity contribution in [3.8, 4) is 0 Å². The van der Waals surface area contributed by atoms with E-state index in [2.05, 4.69) is 33.8 Å². The highest BCUT2D eigenvalue weighted by Crippen LogP contribution is 2.42. The van der Waals surface area contributed by atoms with Crippen molar-refractivity contribution in [2.75, 3.05) is 30.0 Å². The van der Waals surface area contributed by atoms with E-state index in [0.717, 1.165) is 30.5 Å². The number of rotatable bonds is 6. The number of aromatic nitrogens is 2. The van der Waals surface area contributed by atoms with Crippen LogP contribution in [0.4, 0.5) is 11.6 Å². The Labute approximate surface area is 113 Å². The van der Waals surface area contributed by atoms with Crippen LogP contribution in [0.5, 0.6) is 0 Å². The van der Waals surface area contributed by atoms with Gasteiger partial charge in [-0.3, -0.25) is 0 Å². The van der Waals surface area contributed by atoms with Crippen LogP contribution in [-0.2, 0) is 0 Å². The first-order valence-corrected chi connectivity index (χ1v) is 7.78. The molecular formula is C13H22N4S. The van der Waals surface area contributed by atoms with Crippen molar-refractivity contribution in [2.24, 2.45) is 0 Å². The zero-order valence-corrected chi connectivity index (χ0v) is 12.2. The highest BCUT2D eigenvalue weighted by Gasteiger charge is 2.35. The Morgan fingerprint density at radius 3 is 2.44 bits per heavy atom. The minimum atomic E-state index is 0.428. The van der Waals surface area contributed by atoms with Crippen LogP contribution in [0.2, 0.25) is 0 Å². The summed E-state index contributed by atoms with van der Waals surface area (Å²) in [5.74, 6) is 2.64. The van der Waals surface area contributed by atoms with E-state index in [0.29, 0.717) is 4.75 Å². The second-order valence-corrected chi connectivity index (χ2v) is 6.08. The van der Waals surface area contributed by atoms with Crippen LogP contribution < -0.4 is 10.6 Å². The molecule has 1 aliphatic rings. The van der Waals surface area contributed by atoms with Crippen LogP contribution in [0.1, 0.15) is 32.0 Å². The maximum Gasteiger partial charge on any atom is 0.131 e. The zero-order valence-electron chi connectivity index (χ0n) is 11.4. The van der Waals surface area contributed by atoms with Gasteiger partial charge in [-0.25, -0.2) is 9.97 Å². The highest BCUT2D eigenvalue weighted by molar-refractivity contribution is 8.00. The molecule has 0 saturated heterocycles. The van der Waals surface area contributed by atoms with E-state index in [4.69, 9.17) is 0 Å². The third kappa shape index (κ3) is 3.07. The third-order valence-corrected chi connectivity index (χ3v) is 4.90. The largest absolute Gasteiger partial charge is 0.370 e. The Morgan fingerprint density at radius 1 is 1.28 bits per heavy atom. The lowest BCUT2D eigenvalue weighted by Crippen LogP contribution is -2.40. The van der Waals surface area contributed by atoms with Crippen molar-refractivity contribution >= 4 is 23.4 Å². The second-order valence-electron chi connectivity index (χ2n) is 4.81. The molecule has 5 heteroatoms. The van der Waals surface area contributed by atoms with Gasteiger partial charge in [-0.15, -0.1) is 0 Å². The summed E-state index contributed by atoms with van der Waals surface area (Å²) in [6.45, 7) is 5.88. The van der Waals surface area contributed by atoms with Crippen LogP contribution in [0.25, 0.3) is 0 Å². The number of hydrogen-bond acceptors (Lipinski definition) is 5. The Kier molecular flexibility index (Phi) is 4.32. The number of nitrogens with one attached hydrogen (secondary N) is 2. The highest BCUT2D eigenvalue weighted by atomic mass is 32.2. The molecule has 1 aliphatic carbocycles. The van der Waals surface area contributed by atoms with Gasteiger partial charge in [-0.2, -0.15) is 11.8 Å². The monoisotopic (exact) mass is 266 g/mol. The molecule has 0 spiro atoms. The average molecular weight is 266 g/mol. The lowest BCUT2D eigenvalue weighted by molar-refractivity contribution is 0.379.